The normalized spacial score (nSPS) is 11.7. The van der Waals surface area contributed by atoms with Crippen LogP contribution in [0.3, 0.4) is 0 Å². The molecule has 3 aromatic heterocycles. The highest BCUT2D eigenvalue weighted by atomic mass is 32.2. The van der Waals surface area contributed by atoms with Crippen molar-refractivity contribution in [1.82, 2.24) is 24.7 Å². The lowest BCUT2D eigenvalue weighted by molar-refractivity contribution is 0.454. The number of para-hydroxylation sites is 1. The SMILES string of the molecule is CS(=O)(=O)CCc1cnc(-c2nn(Cc3c(F)cc(O)cc3F)c3ccccc23)nc1Nc1ccncc1. The lowest BCUT2D eigenvalue weighted by Crippen LogP contribution is -2.10. The molecule has 9 nitrogen and oxygen atoms in total. The predicted molar refractivity (Wildman–Crippen MR) is 139 cm³/mol. The molecule has 0 unspecified atom stereocenters. The number of phenols is 1. The van der Waals surface area contributed by atoms with Gasteiger partial charge in [-0.25, -0.2) is 27.2 Å². The first kappa shape index (κ1) is 25.2. The van der Waals surface area contributed by atoms with Gasteiger partial charge in [0.25, 0.3) is 0 Å². The van der Waals surface area contributed by atoms with Crippen LogP contribution in [0.4, 0.5) is 20.3 Å². The molecule has 2 N–H and O–H groups in total. The third-order valence-corrected chi connectivity index (χ3v) is 6.80. The molecule has 0 saturated heterocycles. The van der Waals surface area contributed by atoms with Gasteiger partial charge >= 0.3 is 0 Å². The van der Waals surface area contributed by atoms with Crippen molar-refractivity contribution in [2.75, 3.05) is 17.3 Å². The number of sulfone groups is 1. The summed E-state index contributed by atoms with van der Waals surface area (Å²) in [5, 5.41) is 17.9. The van der Waals surface area contributed by atoms with E-state index < -0.39 is 27.2 Å². The van der Waals surface area contributed by atoms with Crippen LogP contribution in [0.1, 0.15) is 11.1 Å². The summed E-state index contributed by atoms with van der Waals surface area (Å²) in [7, 11) is -3.23. The second-order valence-corrected chi connectivity index (χ2v) is 11.0. The Morgan fingerprint density at radius 1 is 1.05 bits per heavy atom. The minimum atomic E-state index is -3.23. The molecular formula is C26H22F2N6O3S. The molecule has 0 atom stereocenters. The van der Waals surface area contributed by atoms with Crippen LogP contribution in [0.2, 0.25) is 0 Å². The van der Waals surface area contributed by atoms with Gasteiger partial charge in [-0.15, -0.1) is 0 Å². The highest BCUT2D eigenvalue weighted by molar-refractivity contribution is 7.90. The van der Waals surface area contributed by atoms with Gasteiger partial charge in [-0.05, 0) is 24.6 Å². The van der Waals surface area contributed by atoms with Crippen molar-refractivity contribution in [2.45, 2.75) is 13.0 Å². The number of hydrogen-bond donors (Lipinski definition) is 2. The fourth-order valence-corrected chi connectivity index (χ4v) is 4.57. The van der Waals surface area contributed by atoms with Gasteiger partial charge in [-0.2, -0.15) is 5.10 Å². The second kappa shape index (κ2) is 10.1. The molecule has 0 spiro atoms. The molecule has 0 radical (unpaired) electrons. The van der Waals surface area contributed by atoms with Crippen molar-refractivity contribution in [1.29, 1.82) is 0 Å². The zero-order chi connectivity index (χ0) is 26.9. The lowest BCUT2D eigenvalue weighted by atomic mass is 10.1. The number of aromatic nitrogens is 5. The maximum Gasteiger partial charge on any atom is 0.182 e. The van der Waals surface area contributed by atoms with Gasteiger partial charge in [0.1, 0.15) is 38.7 Å². The van der Waals surface area contributed by atoms with Crippen LogP contribution in [0.5, 0.6) is 5.75 Å². The number of fused-ring (bicyclic) bond motifs is 1. The number of hydrogen-bond acceptors (Lipinski definition) is 8. The van der Waals surface area contributed by atoms with Gasteiger partial charge in [0.05, 0.1) is 17.8 Å². The zero-order valence-electron chi connectivity index (χ0n) is 20.1. The van der Waals surface area contributed by atoms with Crippen LogP contribution in [0.25, 0.3) is 22.4 Å². The number of anilines is 2. The average Bonchev–Trinajstić information content (AvgIpc) is 3.24. The standard InChI is InChI=1S/C26H22F2N6O3S/c1-38(36,37)11-8-16-14-30-26(32-25(16)31-17-6-9-29-10-7-17)24-19-4-2-3-5-23(19)34(33-24)15-20-21(27)12-18(35)13-22(20)28/h2-7,9-10,12-14,35H,8,11,15H2,1H3,(H,29,30,31,32). The molecule has 0 aliphatic carbocycles. The van der Waals surface area contributed by atoms with Crippen LogP contribution in [-0.2, 0) is 22.8 Å². The molecular weight excluding hydrogens is 514 g/mol. The van der Waals surface area contributed by atoms with Gasteiger partial charge < -0.3 is 10.4 Å². The van der Waals surface area contributed by atoms with Crippen molar-refractivity contribution in [3.63, 3.8) is 0 Å². The first-order valence-electron chi connectivity index (χ1n) is 11.5. The molecule has 12 heteroatoms. The summed E-state index contributed by atoms with van der Waals surface area (Å²) < 4.78 is 53.9. The minimum absolute atomic E-state index is 0.0813. The molecule has 0 amide bonds. The predicted octanol–water partition coefficient (Wildman–Crippen LogP) is 4.25. The monoisotopic (exact) mass is 536 g/mol. The number of aromatic hydroxyl groups is 1. The maximum absolute atomic E-state index is 14.5. The van der Waals surface area contributed by atoms with Crippen LogP contribution in [-0.4, -0.2) is 50.3 Å². The Hall–Kier alpha value is -4.45. The second-order valence-electron chi connectivity index (χ2n) is 8.72. The largest absolute Gasteiger partial charge is 0.508 e. The molecule has 0 aliphatic rings. The average molecular weight is 537 g/mol. The van der Waals surface area contributed by atoms with E-state index in [-0.39, 0.29) is 30.1 Å². The van der Waals surface area contributed by atoms with Gasteiger partial charge in [-0.3, -0.25) is 9.67 Å². The fourth-order valence-electron chi connectivity index (χ4n) is 3.98. The van der Waals surface area contributed by atoms with E-state index in [1.54, 1.807) is 55.0 Å². The van der Waals surface area contributed by atoms with E-state index in [1.165, 1.54) is 4.68 Å². The fraction of sp³-hybridized carbons (Fsp3) is 0.154. The molecule has 0 saturated carbocycles. The van der Waals surface area contributed by atoms with Crippen LogP contribution in [0.15, 0.2) is 67.1 Å². The zero-order valence-corrected chi connectivity index (χ0v) is 21.0. The van der Waals surface area contributed by atoms with Crippen molar-refractivity contribution >= 4 is 32.2 Å². The molecule has 2 aromatic carbocycles. The Kier molecular flexibility index (Phi) is 6.72. The van der Waals surface area contributed by atoms with Crippen LogP contribution in [0, 0.1) is 11.6 Å². The lowest BCUT2D eigenvalue weighted by Gasteiger charge is -2.12. The number of halogens is 2. The summed E-state index contributed by atoms with van der Waals surface area (Å²) in [5.41, 5.74) is 2.02. The molecule has 3 heterocycles. The molecule has 38 heavy (non-hydrogen) atoms. The number of phenolic OH excluding ortho intramolecular Hbond substituents is 1. The van der Waals surface area contributed by atoms with Gasteiger partial charge in [0.2, 0.25) is 0 Å². The van der Waals surface area contributed by atoms with E-state index >= 15 is 0 Å². The van der Waals surface area contributed by atoms with E-state index in [9.17, 15) is 22.3 Å². The molecule has 5 rings (SSSR count). The quantitative estimate of drug-likeness (QED) is 0.302. The van der Waals surface area contributed by atoms with Gasteiger partial charge in [0.15, 0.2) is 5.82 Å². The smallest absolute Gasteiger partial charge is 0.182 e. The van der Waals surface area contributed by atoms with E-state index in [1.807, 2.05) is 0 Å². The third kappa shape index (κ3) is 5.44. The third-order valence-electron chi connectivity index (χ3n) is 5.85. The Morgan fingerprint density at radius 3 is 2.47 bits per heavy atom. The summed E-state index contributed by atoms with van der Waals surface area (Å²) in [6.45, 7) is -0.229. The van der Waals surface area contributed by atoms with Gasteiger partial charge in [-0.1, -0.05) is 18.2 Å². The Bertz CT molecular complexity index is 1720. The van der Waals surface area contributed by atoms with Crippen LogP contribution >= 0.6 is 0 Å². The summed E-state index contributed by atoms with van der Waals surface area (Å²) in [6.07, 6.45) is 6.12. The molecule has 5 aromatic rings. The highest BCUT2D eigenvalue weighted by Crippen LogP contribution is 2.30. The van der Waals surface area contributed by atoms with Crippen molar-refractivity contribution in [2.24, 2.45) is 0 Å². The first-order valence-corrected chi connectivity index (χ1v) is 13.6. The Balaban J connectivity index is 1.59. The number of pyridine rings is 1. The summed E-state index contributed by atoms with van der Waals surface area (Å²) in [5.74, 6) is -1.72. The molecule has 0 bridgehead atoms. The van der Waals surface area contributed by atoms with E-state index in [0.29, 0.717) is 33.7 Å². The van der Waals surface area contributed by atoms with Gasteiger partial charge in [0, 0.05) is 59.2 Å². The van der Waals surface area contributed by atoms with Crippen LogP contribution < -0.4 is 5.32 Å². The number of nitrogens with one attached hydrogen (secondary N) is 1. The molecule has 194 valence electrons. The number of nitrogens with zero attached hydrogens (tertiary/aromatic N) is 5. The van der Waals surface area contributed by atoms with Crippen molar-refractivity contribution in [3.8, 4) is 17.3 Å². The Labute approximate surface area is 216 Å². The Morgan fingerprint density at radius 2 is 1.76 bits per heavy atom. The topological polar surface area (TPSA) is 123 Å². The highest BCUT2D eigenvalue weighted by Gasteiger charge is 2.20. The maximum atomic E-state index is 14.5. The van der Waals surface area contributed by atoms with E-state index in [0.717, 1.165) is 18.4 Å². The van der Waals surface area contributed by atoms with Crippen molar-refractivity contribution < 1.29 is 22.3 Å². The number of rotatable bonds is 8. The van der Waals surface area contributed by atoms with E-state index in [4.69, 9.17) is 0 Å². The number of benzene rings is 2. The molecule has 0 fully saturated rings. The van der Waals surface area contributed by atoms with E-state index in [2.05, 4.69) is 25.4 Å². The first-order chi connectivity index (χ1) is 18.2. The summed E-state index contributed by atoms with van der Waals surface area (Å²) >= 11 is 0. The van der Waals surface area contributed by atoms with Crippen molar-refractivity contribution in [3.05, 3.63) is 89.9 Å². The summed E-state index contributed by atoms with van der Waals surface area (Å²) in [6, 6.07) is 12.3. The number of aryl methyl sites for hydroxylation is 1. The summed E-state index contributed by atoms with van der Waals surface area (Å²) in [4.78, 5) is 13.1. The molecule has 0 aliphatic heterocycles. The minimum Gasteiger partial charge on any atom is -0.508 e.